The fraction of sp³-hybridized carbons (Fsp3) is 0.385. The van der Waals surface area contributed by atoms with Gasteiger partial charge in [0.15, 0.2) is 5.82 Å². The van der Waals surface area contributed by atoms with Crippen molar-refractivity contribution in [3.63, 3.8) is 0 Å². The summed E-state index contributed by atoms with van der Waals surface area (Å²) in [6.45, 7) is 3.02. The van der Waals surface area contributed by atoms with E-state index in [-0.39, 0.29) is 0 Å². The summed E-state index contributed by atoms with van der Waals surface area (Å²) in [4.78, 5) is 6.18. The minimum absolute atomic E-state index is 0.375. The summed E-state index contributed by atoms with van der Waals surface area (Å²) in [7, 11) is 0. The summed E-state index contributed by atoms with van der Waals surface area (Å²) < 4.78 is 13.3. The fourth-order valence-corrected chi connectivity index (χ4v) is 2.50. The van der Waals surface area contributed by atoms with E-state index in [1.54, 1.807) is 6.07 Å². The largest absolute Gasteiger partial charge is 0.368 e. The Balaban J connectivity index is 1.83. The molecule has 0 radical (unpaired) electrons. The van der Waals surface area contributed by atoms with Gasteiger partial charge in [0.25, 0.3) is 0 Å². The Kier molecular flexibility index (Phi) is 3.48. The lowest BCUT2D eigenvalue weighted by atomic mass is 10.3. The Morgan fingerprint density at radius 2 is 2.25 bits per heavy atom. The van der Waals surface area contributed by atoms with Crippen molar-refractivity contribution in [3.8, 4) is 0 Å². The molecular weight excluding hydrogens is 281 g/mol. The summed E-state index contributed by atoms with van der Waals surface area (Å²) in [5.74, 6) is 1.27. The highest BCUT2D eigenvalue weighted by Crippen LogP contribution is 2.27. The van der Waals surface area contributed by atoms with Crippen LogP contribution in [0.2, 0.25) is 5.15 Å². The summed E-state index contributed by atoms with van der Waals surface area (Å²) in [6.07, 6.45) is -0.214. The SMILES string of the molecule is Cc1cc(Nc2cc(N3CCC(F)C3)cc(Cl)n2)n[nH]1. The number of nitrogens with zero attached hydrogens (tertiary/aromatic N) is 3. The van der Waals surface area contributed by atoms with Crippen LogP contribution >= 0.6 is 11.6 Å². The lowest BCUT2D eigenvalue weighted by Gasteiger charge is -2.18. The quantitative estimate of drug-likeness (QED) is 0.855. The van der Waals surface area contributed by atoms with E-state index in [0.29, 0.717) is 36.3 Å². The van der Waals surface area contributed by atoms with Gasteiger partial charge in [-0.1, -0.05) is 11.6 Å². The maximum absolute atomic E-state index is 13.3. The molecule has 2 aromatic heterocycles. The highest BCUT2D eigenvalue weighted by molar-refractivity contribution is 6.29. The van der Waals surface area contributed by atoms with Gasteiger partial charge in [-0.3, -0.25) is 5.10 Å². The molecule has 0 aromatic carbocycles. The van der Waals surface area contributed by atoms with E-state index in [1.807, 2.05) is 24.0 Å². The molecule has 5 nitrogen and oxygen atoms in total. The van der Waals surface area contributed by atoms with Crippen molar-refractivity contribution in [2.75, 3.05) is 23.3 Å². The van der Waals surface area contributed by atoms with Crippen molar-refractivity contribution >= 4 is 28.9 Å². The first-order valence-corrected chi connectivity index (χ1v) is 6.83. The monoisotopic (exact) mass is 295 g/mol. The molecule has 0 saturated carbocycles. The average Bonchev–Trinajstić information content (AvgIpc) is 2.98. The van der Waals surface area contributed by atoms with Gasteiger partial charge in [-0.05, 0) is 19.4 Å². The van der Waals surface area contributed by atoms with Crippen LogP contribution in [0.3, 0.4) is 0 Å². The topological polar surface area (TPSA) is 56.8 Å². The highest BCUT2D eigenvalue weighted by atomic mass is 35.5. The van der Waals surface area contributed by atoms with Gasteiger partial charge in [-0.2, -0.15) is 5.10 Å². The zero-order chi connectivity index (χ0) is 14.1. The number of anilines is 3. The van der Waals surface area contributed by atoms with Gasteiger partial charge in [0.2, 0.25) is 0 Å². The molecule has 1 aliphatic heterocycles. The highest BCUT2D eigenvalue weighted by Gasteiger charge is 2.22. The second-order valence-electron chi connectivity index (χ2n) is 4.93. The lowest BCUT2D eigenvalue weighted by Crippen LogP contribution is -2.20. The Morgan fingerprint density at radius 3 is 2.90 bits per heavy atom. The van der Waals surface area contributed by atoms with Gasteiger partial charge in [0, 0.05) is 36.6 Å². The van der Waals surface area contributed by atoms with Gasteiger partial charge in [-0.15, -0.1) is 0 Å². The van der Waals surface area contributed by atoms with Crippen LogP contribution in [0.1, 0.15) is 12.1 Å². The van der Waals surface area contributed by atoms with Crippen molar-refractivity contribution in [2.45, 2.75) is 19.5 Å². The molecule has 0 bridgehead atoms. The van der Waals surface area contributed by atoms with Gasteiger partial charge in [0.1, 0.15) is 17.1 Å². The van der Waals surface area contributed by atoms with E-state index in [0.717, 1.165) is 11.4 Å². The number of alkyl halides is 1. The van der Waals surface area contributed by atoms with Crippen LogP contribution in [0.4, 0.5) is 21.7 Å². The molecule has 2 N–H and O–H groups in total. The molecular formula is C13H15ClFN5. The van der Waals surface area contributed by atoms with Crippen LogP contribution in [0, 0.1) is 6.92 Å². The predicted molar refractivity (Wildman–Crippen MR) is 77.6 cm³/mol. The van der Waals surface area contributed by atoms with Gasteiger partial charge in [-0.25, -0.2) is 9.37 Å². The van der Waals surface area contributed by atoms with Gasteiger partial charge in [0.05, 0.1) is 0 Å². The molecule has 0 aliphatic carbocycles. The van der Waals surface area contributed by atoms with E-state index in [9.17, 15) is 4.39 Å². The van der Waals surface area contributed by atoms with E-state index in [1.165, 1.54) is 0 Å². The average molecular weight is 296 g/mol. The molecule has 3 rings (SSSR count). The van der Waals surface area contributed by atoms with E-state index >= 15 is 0 Å². The summed E-state index contributed by atoms with van der Waals surface area (Å²) in [5, 5.41) is 10.4. The summed E-state index contributed by atoms with van der Waals surface area (Å²) in [5.41, 5.74) is 1.83. The molecule has 1 fully saturated rings. The molecule has 1 atom stereocenters. The summed E-state index contributed by atoms with van der Waals surface area (Å²) in [6, 6.07) is 5.48. The zero-order valence-corrected chi connectivity index (χ0v) is 11.8. The Labute approximate surface area is 121 Å². The van der Waals surface area contributed by atoms with Crippen LogP contribution in [0.5, 0.6) is 0 Å². The maximum atomic E-state index is 13.3. The minimum Gasteiger partial charge on any atom is -0.368 e. The second-order valence-corrected chi connectivity index (χ2v) is 5.31. The van der Waals surface area contributed by atoms with E-state index in [4.69, 9.17) is 11.6 Å². The van der Waals surface area contributed by atoms with Crippen molar-refractivity contribution in [3.05, 3.63) is 29.0 Å². The van der Waals surface area contributed by atoms with E-state index < -0.39 is 6.17 Å². The maximum Gasteiger partial charge on any atom is 0.153 e. The molecule has 1 saturated heterocycles. The summed E-state index contributed by atoms with van der Waals surface area (Å²) >= 11 is 6.04. The van der Waals surface area contributed by atoms with Crippen molar-refractivity contribution in [1.29, 1.82) is 0 Å². The van der Waals surface area contributed by atoms with Gasteiger partial charge >= 0.3 is 0 Å². The molecule has 1 unspecified atom stereocenters. The Bertz CT molecular complexity index is 615. The molecule has 7 heteroatoms. The fourth-order valence-electron chi connectivity index (χ4n) is 2.30. The second kappa shape index (κ2) is 5.28. The third kappa shape index (κ3) is 2.85. The number of halogens is 2. The standard InChI is InChI=1S/C13H15ClFN5/c1-8-4-13(19-18-8)17-12-6-10(5-11(14)16-12)20-3-2-9(15)7-20/h4-6,9H,2-3,7H2,1H3,(H2,16,17,18,19). The predicted octanol–water partition coefficient (Wildman–Crippen LogP) is 3.06. The first-order valence-electron chi connectivity index (χ1n) is 6.46. The Morgan fingerprint density at radius 1 is 1.40 bits per heavy atom. The lowest BCUT2D eigenvalue weighted by molar-refractivity contribution is 0.364. The van der Waals surface area contributed by atoms with Crippen LogP contribution in [0.25, 0.3) is 0 Å². The molecule has 2 aromatic rings. The number of hydrogen-bond acceptors (Lipinski definition) is 4. The molecule has 0 amide bonds. The number of aromatic amines is 1. The molecule has 0 spiro atoms. The smallest absolute Gasteiger partial charge is 0.153 e. The van der Waals surface area contributed by atoms with Crippen LogP contribution in [-0.2, 0) is 0 Å². The first-order chi connectivity index (χ1) is 9.60. The van der Waals surface area contributed by atoms with Crippen LogP contribution < -0.4 is 10.2 Å². The number of aromatic nitrogens is 3. The molecule has 1 aliphatic rings. The van der Waals surface area contributed by atoms with E-state index in [2.05, 4.69) is 20.5 Å². The van der Waals surface area contributed by atoms with Crippen LogP contribution in [0.15, 0.2) is 18.2 Å². The van der Waals surface area contributed by atoms with Gasteiger partial charge < -0.3 is 10.2 Å². The third-order valence-electron chi connectivity index (χ3n) is 3.24. The number of hydrogen-bond donors (Lipinski definition) is 2. The zero-order valence-electron chi connectivity index (χ0n) is 11.0. The van der Waals surface area contributed by atoms with Crippen molar-refractivity contribution in [1.82, 2.24) is 15.2 Å². The molecule has 3 heterocycles. The number of nitrogens with one attached hydrogen (secondary N) is 2. The van der Waals surface area contributed by atoms with Crippen molar-refractivity contribution in [2.24, 2.45) is 0 Å². The Hall–Kier alpha value is -1.82. The number of pyridine rings is 1. The molecule has 106 valence electrons. The first kappa shape index (κ1) is 13.2. The number of H-pyrrole nitrogens is 1. The number of rotatable bonds is 3. The normalized spacial score (nSPS) is 18.6. The molecule has 20 heavy (non-hydrogen) atoms. The number of aryl methyl sites for hydroxylation is 1. The third-order valence-corrected chi connectivity index (χ3v) is 3.43. The van der Waals surface area contributed by atoms with Crippen molar-refractivity contribution < 1.29 is 4.39 Å². The van der Waals surface area contributed by atoms with Crippen LogP contribution in [-0.4, -0.2) is 34.4 Å². The minimum atomic E-state index is -0.771.